The molecule has 1 atom stereocenters. The first kappa shape index (κ1) is 16.0. The Morgan fingerprint density at radius 2 is 1.84 bits per heavy atom. The molecular weight excluding hydrogens is 238 g/mol. The van der Waals surface area contributed by atoms with Crippen molar-refractivity contribution in [3.8, 4) is 5.75 Å². The van der Waals surface area contributed by atoms with Crippen LogP contribution in [0.1, 0.15) is 25.8 Å². The highest BCUT2D eigenvalue weighted by molar-refractivity contribution is 5.27. The Hall–Kier alpha value is -1.06. The average molecular weight is 265 g/mol. The van der Waals surface area contributed by atoms with Crippen LogP contribution in [0.4, 0.5) is 0 Å². The fourth-order valence-corrected chi connectivity index (χ4v) is 2.13. The van der Waals surface area contributed by atoms with Crippen LogP contribution in [0.2, 0.25) is 0 Å². The quantitative estimate of drug-likeness (QED) is 0.744. The molecule has 0 fully saturated rings. The Kier molecular flexibility index (Phi) is 7.53. The maximum absolute atomic E-state index is 5.65. The minimum Gasteiger partial charge on any atom is -0.497 e. The minimum absolute atomic E-state index is 0.316. The normalized spacial score (nSPS) is 12.7. The second kappa shape index (κ2) is 8.94. The number of benzene rings is 1. The van der Waals surface area contributed by atoms with Crippen molar-refractivity contribution in [2.24, 2.45) is 5.92 Å². The third-order valence-corrected chi connectivity index (χ3v) is 3.15. The summed E-state index contributed by atoms with van der Waals surface area (Å²) in [5.41, 5.74) is 1.35. The van der Waals surface area contributed by atoms with Gasteiger partial charge in [-0.1, -0.05) is 12.1 Å². The molecule has 0 spiro atoms. The summed E-state index contributed by atoms with van der Waals surface area (Å²) in [7, 11) is 3.70. The van der Waals surface area contributed by atoms with Crippen LogP contribution in [0, 0.1) is 5.92 Å². The van der Waals surface area contributed by atoms with Crippen LogP contribution < -0.4 is 10.1 Å². The van der Waals surface area contributed by atoms with Crippen molar-refractivity contribution in [3.63, 3.8) is 0 Å². The van der Waals surface area contributed by atoms with Crippen molar-refractivity contribution >= 4 is 0 Å². The molecule has 3 nitrogen and oxygen atoms in total. The maximum atomic E-state index is 5.65. The van der Waals surface area contributed by atoms with E-state index in [-0.39, 0.29) is 0 Å². The second-order valence-corrected chi connectivity index (χ2v) is 5.18. The lowest BCUT2D eigenvalue weighted by Crippen LogP contribution is -2.22. The maximum Gasteiger partial charge on any atom is 0.118 e. The van der Waals surface area contributed by atoms with Gasteiger partial charge >= 0.3 is 0 Å². The van der Waals surface area contributed by atoms with Crippen LogP contribution >= 0.6 is 0 Å². The van der Waals surface area contributed by atoms with Gasteiger partial charge in [0.05, 0.1) is 13.2 Å². The lowest BCUT2D eigenvalue weighted by Gasteiger charge is -2.17. The zero-order valence-corrected chi connectivity index (χ0v) is 12.6. The van der Waals surface area contributed by atoms with Crippen molar-refractivity contribution in [2.45, 2.75) is 32.8 Å². The standard InChI is InChI=1S/C16H27NO2/c1-13(2)19-10-9-15(12-17-3)11-14-5-7-16(18-4)8-6-14/h5-8,13,15,17H,9-12H2,1-4H3. The summed E-state index contributed by atoms with van der Waals surface area (Å²) < 4.78 is 10.8. The molecule has 0 amide bonds. The van der Waals surface area contributed by atoms with Gasteiger partial charge < -0.3 is 14.8 Å². The third-order valence-electron chi connectivity index (χ3n) is 3.15. The lowest BCUT2D eigenvalue weighted by atomic mass is 9.96. The summed E-state index contributed by atoms with van der Waals surface area (Å²) in [5.74, 6) is 1.52. The van der Waals surface area contributed by atoms with Crippen molar-refractivity contribution in [1.29, 1.82) is 0 Å². The smallest absolute Gasteiger partial charge is 0.118 e. The van der Waals surface area contributed by atoms with Gasteiger partial charge in [-0.3, -0.25) is 0 Å². The molecule has 0 aliphatic carbocycles. The summed E-state index contributed by atoms with van der Waals surface area (Å²) in [5, 5.41) is 3.27. The predicted molar refractivity (Wildman–Crippen MR) is 79.8 cm³/mol. The Labute approximate surface area is 117 Å². The first-order valence-corrected chi connectivity index (χ1v) is 7.04. The largest absolute Gasteiger partial charge is 0.497 e. The van der Waals surface area contributed by atoms with Crippen molar-refractivity contribution in [3.05, 3.63) is 29.8 Å². The summed E-state index contributed by atoms with van der Waals surface area (Å²) in [4.78, 5) is 0. The molecule has 1 N–H and O–H groups in total. The monoisotopic (exact) mass is 265 g/mol. The van der Waals surface area contributed by atoms with Crippen molar-refractivity contribution in [2.75, 3.05) is 27.3 Å². The Balaban J connectivity index is 2.46. The van der Waals surface area contributed by atoms with Gasteiger partial charge in [-0.2, -0.15) is 0 Å². The van der Waals surface area contributed by atoms with Crippen LogP contribution in [0.25, 0.3) is 0 Å². The average Bonchev–Trinajstić information content (AvgIpc) is 2.39. The van der Waals surface area contributed by atoms with Crippen LogP contribution in [0.3, 0.4) is 0 Å². The number of nitrogens with one attached hydrogen (secondary N) is 1. The van der Waals surface area contributed by atoms with E-state index < -0.39 is 0 Å². The first-order valence-electron chi connectivity index (χ1n) is 7.04. The molecule has 0 aliphatic heterocycles. The molecule has 108 valence electrons. The van der Waals surface area contributed by atoms with Crippen molar-refractivity contribution in [1.82, 2.24) is 5.32 Å². The molecule has 0 bridgehead atoms. The van der Waals surface area contributed by atoms with Gasteiger partial charge in [0, 0.05) is 6.61 Å². The SMILES string of the molecule is CNCC(CCOC(C)C)Cc1ccc(OC)cc1. The van der Waals surface area contributed by atoms with E-state index in [0.29, 0.717) is 12.0 Å². The van der Waals surface area contributed by atoms with E-state index in [0.717, 1.165) is 31.7 Å². The van der Waals surface area contributed by atoms with E-state index in [9.17, 15) is 0 Å². The van der Waals surface area contributed by atoms with Gasteiger partial charge in [-0.05, 0) is 63.9 Å². The van der Waals surface area contributed by atoms with Gasteiger partial charge in [0.15, 0.2) is 0 Å². The van der Waals surface area contributed by atoms with Gasteiger partial charge in [0.2, 0.25) is 0 Å². The number of hydrogen-bond acceptors (Lipinski definition) is 3. The molecule has 1 unspecified atom stereocenters. The van der Waals surface area contributed by atoms with Gasteiger partial charge in [-0.25, -0.2) is 0 Å². The predicted octanol–water partition coefficient (Wildman–Crippen LogP) is 2.89. The highest BCUT2D eigenvalue weighted by Crippen LogP contribution is 2.16. The molecule has 19 heavy (non-hydrogen) atoms. The number of rotatable bonds is 9. The molecular formula is C16H27NO2. The zero-order valence-electron chi connectivity index (χ0n) is 12.6. The minimum atomic E-state index is 0.316. The highest BCUT2D eigenvalue weighted by atomic mass is 16.5. The van der Waals surface area contributed by atoms with Crippen LogP contribution in [0.15, 0.2) is 24.3 Å². The van der Waals surface area contributed by atoms with E-state index in [2.05, 4.69) is 31.3 Å². The van der Waals surface area contributed by atoms with Gasteiger partial charge in [-0.15, -0.1) is 0 Å². The Morgan fingerprint density at radius 3 is 2.37 bits per heavy atom. The molecule has 1 rings (SSSR count). The number of hydrogen-bond donors (Lipinski definition) is 1. The van der Waals surface area contributed by atoms with E-state index in [1.165, 1.54) is 5.56 Å². The molecule has 0 aromatic heterocycles. The lowest BCUT2D eigenvalue weighted by molar-refractivity contribution is 0.0684. The van der Waals surface area contributed by atoms with E-state index in [1.54, 1.807) is 7.11 Å². The number of ether oxygens (including phenoxy) is 2. The summed E-state index contributed by atoms with van der Waals surface area (Å²) in [6.45, 7) is 6.01. The van der Waals surface area contributed by atoms with Crippen LogP contribution in [-0.2, 0) is 11.2 Å². The molecule has 0 aliphatic rings. The third kappa shape index (κ3) is 6.60. The molecule has 0 saturated heterocycles. The van der Waals surface area contributed by atoms with Crippen LogP contribution in [-0.4, -0.2) is 33.4 Å². The topological polar surface area (TPSA) is 30.5 Å². The molecule has 1 aromatic rings. The Bertz CT molecular complexity index is 335. The van der Waals surface area contributed by atoms with E-state index >= 15 is 0 Å². The first-order chi connectivity index (χ1) is 9.15. The van der Waals surface area contributed by atoms with Gasteiger partial charge in [0.25, 0.3) is 0 Å². The summed E-state index contributed by atoms with van der Waals surface area (Å²) >= 11 is 0. The number of methoxy groups -OCH3 is 1. The van der Waals surface area contributed by atoms with E-state index in [4.69, 9.17) is 9.47 Å². The highest BCUT2D eigenvalue weighted by Gasteiger charge is 2.09. The summed E-state index contributed by atoms with van der Waals surface area (Å²) in [6.07, 6.45) is 2.48. The molecule has 0 saturated carbocycles. The fourth-order valence-electron chi connectivity index (χ4n) is 2.13. The van der Waals surface area contributed by atoms with Crippen molar-refractivity contribution < 1.29 is 9.47 Å². The zero-order chi connectivity index (χ0) is 14.1. The Morgan fingerprint density at radius 1 is 1.16 bits per heavy atom. The second-order valence-electron chi connectivity index (χ2n) is 5.18. The molecule has 3 heteroatoms. The van der Waals surface area contributed by atoms with Crippen LogP contribution in [0.5, 0.6) is 5.75 Å². The molecule has 1 aromatic carbocycles. The van der Waals surface area contributed by atoms with Gasteiger partial charge in [0.1, 0.15) is 5.75 Å². The molecule has 0 heterocycles. The molecule has 0 radical (unpaired) electrons. The fraction of sp³-hybridized carbons (Fsp3) is 0.625. The summed E-state index contributed by atoms with van der Waals surface area (Å²) in [6, 6.07) is 8.34. The van der Waals surface area contributed by atoms with E-state index in [1.807, 2.05) is 19.2 Å².